The van der Waals surface area contributed by atoms with Crippen LogP contribution in [0.25, 0.3) is 10.9 Å². The van der Waals surface area contributed by atoms with Crippen molar-refractivity contribution in [3.63, 3.8) is 0 Å². The Hall–Kier alpha value is -3.65. The van der Waals surface area contributed by atoms with Gasteiger partial charge in [-0.1, -0.05) is 41.4 Å². The molecule has 1 amide bonds. The number of aliphatic carboxylic acids is 1. The van der Waals surface area contributed by atoms with Crippen molar-refractivity contribution in [1.29, 1.82) is 0 Å². The number of ether oxygens (including phenoxy) is 2. The van der Waals surface area contributed by atoms with Gasteiger partial charge in [-0.25, -0.2) is 9.99 Å². The molecule has 1 aromatic heterocycles. The molecule has 5 rings (SSSR count). The normalized spacial score (nSPS) is 16.9. The summed E-state index contributed by atoms with van der Waals surface area (Å²) in [5, 5.41) is 16.1. The molecule has 0 saturated heterocycles. The van der Waals surface area contributed by atoms with Crippen LogP contribution in [0.1, 0.15) is 48.4 Å². The number of benzene rings is 2. The van der Waals surface area contributed by atoms with E-state index in [0.29, 0.717) is 42.2 Å². The van der Waals surface area contributed by atoms with E-state index in [9.17, 15) is 9.59 Å². The molecule has 180 valence electrons. The van der Waals surface area contributed by atoms with E-state index in [-0.39, 0.29) is 30.3 Å². The molecule has 0 aliphatic carbocycles. The average molecular weight is 494 g/mol. The fraction of sp³-hybridized carbons (Fsp3) is 0.308. The minimum absolute atomic E-state index is 0.0742. The summed E-state index contributed by atoms with van der Waals surface area (Å²) in [6, 6.07) is 13.1. The molecule has 1 atom stereocenters. The van der Waals surface area contributed by atoms with E-state index in [2.05, 4.69) is 10.1 Å². The summed E-state index contributed by atoms with van der Waals surface area (Å²) in [7, 11) is 0. The van der Waals surface area contributed by atoms with Gasteiger partial charge in [-0.05, 0) is 31.0 Å². The number of hydrazone groups is 1. The lowest BCUT2D eigenvalue weighted by molar-refractivity contribution is -0.137. The topological polar surface area (TPSA) is 101 Å². The van der Waals surface area contributed by atoms with E-state index in [1.54, 1.807) is 6.07 Å². The maximum absolute atomic E-state index is 13.1. The third-order valence-electron chi connectivity index (χ3n) is 6.15. The van der Waals surface area contributed by atoms with Gasteiger partial charge in [0.05, 0.1) is 17.3 Å². The molecule has 2 aliphatic rings. The van der Waals surface area contributed by atoms with Crippen molar-refractivity contribution in [2.45, 2.75) is 38.6 Å². The predicted molar refractivity (Wildman–Crippen MR) is 131 cm³/mol. The number of aromatic nitrogens is 1. The smallest absolute Gasteiger partial charge is 0.303 e. The fourth-order valence-corrected chi connectivity index (χ4v) is 4.62. The van der Waals surface area contributed by atoms with Gasteiger partial charge in [-0.2, -0.15) is 5.10 Å². The number of carboxylic acids is 1. The summed E-state index contributed by atoms with van der Waals surface area (Å²) >= 11 is 6.65. The highest BCUT2D eigenvalue weighted by molar-refractivity contribution is 6.30. The van der Waals surface area contributed by atoms with Crippen LogP contribution in [0.15, 0.2) is 47.6 Å². The molecule has 0 bridgehead atoms. The van der Waals surface area contributed by atoms with Crippen LogP contribution in [0.5, 0.6) is 11.5 Å². The highest BCUT2D eigenvalue weighted by Crippen LogP contribution is 2.40. The first-order valence-electron chi connectivity index (χ1n) is 11.5. The van der Waals surface area contributed by atoms with Gasteiger partial charge in [-0.15, -0.1) is 0 Å². The average Bonchev–Trinajstić information content (AvgIpc) is 3.28. The first kappa shape index (κ1) is 23.1. The number of pyridine rings is 1. The molecule has 9 heteroatoms. The zero-order chi connectivity index (χ0) is 24.5. The van der Waals surface area contributed by atoms with E-state index in [1.807, 2.05) is 43.3 Å². The number of carboxylic acid groups (broad SMARTS) is 1. The predicted octanol–water partition coefficient (Wildman–Crippen LogP) is 4.90. The Labute approximate surface area is 207 Å². The number of hydrogen-bond acceptors (Lipinski definition) is 6. The van der Waals surface area contributed by atoms with Crippen LogP contribution in [0, 0.1) is 6.92 Å². The van der Waals surface area contributed by atoms with Gasteiger partial charge >= 0.3 is 5.97 Å². The van der Waals surface area contributed by atoms with Gasteiger partial charge in [0.25, 0.3) is 0 Å². The minimum atomic E-state index is -0.934. The quantitative estimate of drug-likeness (QED) is 0.490. The number of carbonyl (C=O) groups excluding carboxylic acids is 1. The summed E-state index contributed by atoms with van der Waals surface area (Å²) in [6.07, 6.45) is 0.695. The largest absolute Gasteiger partial charge is 0.486 e. The number of carbonyl (C=O) groups is 2. The van der Waals surface area contributed by atoms with Crippen LogP contribution in [0.2, 0.25) is 5.15 Å². The summed E-state index contributed by atoms with van der Waals surface area (Å²) < 4.78 is 11.4. The third kappa shape index (κ3) is 4.79. The molecule has 0 spiro atoms. The van der Waals surface area contributed by atoms with E-state index < -0.39 is 12.0 Å². The van der Waals surface area contributed by atoms with Crippen LogP contribution in [0.4, 0.5) is 0 Å². The van der Waals surface area contributed by atoms with Gasteiger partial charge in [0.2, 0.25) is 5.91 Å². The molecule has 0 unspecified atom stereocenters. The standard InChI is InChI=1S/C26H24ClN3O5/c1-15-5-7-16(8-6-15)20-13-21(30(29-20)24(31)3-2-4-25(32)33)18-11-17-12-22-23(35-10-9-34-22)14-19(17)28-26(18)27/h5-8,11-12,14,21H,2-4,9-10,13H2,1H3,(H,32,33)/t21-/m0/s1. The number of rotatable bonds is 6. The number of nitrogens with zero attached hydrogens (tertiary/aromatic N) is 3. The molecule has 2 aliphatic heterocycles. The van der Waals surface area contributed by atoms with E-state index in [0.717, 1.165) is 22.2 Å². The SMILES string of the molecule is Cc1ccc(C2=NN(C(=O)CCCC(=O)O)[C@H](c3cc4cc5c(cc4nc3Cl)OCCO5)C2)cc1. The second-order valence-electron chi connectivity index (χ2n) is 8.68. The molecule has 3 heterocycles. The second kappa shape index (κ2) is 9.54. The fourth-order valence-electron chi connectivity index (χ4n) is 4.35. The molecular formula is C26H24ClN3O5. The lowest BCUT2D eigenvalue weighted by Crippen LogP contribution is -2.27. The molecule has 1 N–H and O–H groups in total. The maximum atomic E-state index is 13.1. The van der Waals surface area contributed by atoms with Gasteiger partial charge < -0.3 is 14.6 Å². The first-order valence-corrected chi connectivity index (χ1v) is 11.8. The zero-order valence-electron chi connectivity index (χ0n) is 19.2. The van der Waals surface area contributed by atoms with Crippen molar-refractivity contribution >= 4 is 40.1 Å². The molecule has 2 aromatic carbocycles. The summed E-state index contributed by atoms with van der Waals surface area (Å²) in [4.78, 5) is 28.6. The van der Waals surface area contributed by atoms with Crippen molar-refractivity contribution in [3.05, 3.63) is 64.3 Å². The Bertz CT molecular complexity index is 1340. The molecule has 0 saturated carbocycles. The summed E-state index contributed by atoms with van der Waals surface area (Å²) in [6.45, 7) is 2.96. The van der Waals surface area contributed by atoms with Crippen LogP contribution < -0.4 is 9.47 Å². The maximum Gasteiger partial charge on any atom is 0.303 e. The van der Waals surface area contributed by atoms with Gasteiger partial charge in [-0.3, -0.25) is 9.59 Å². The van der Waals surface area contributed by atoms with Gasteiger partial charge in [0, 0.05) is 36.3 Å². The molecule has 8 nitrogen and oxygen atoms in total. The van der Waals surface area contributed by atoms with Crippen molar-refractivity contribution < 1.29 is 24.2 Å². The number of aryl methyl sites for hydroxylation is 1. The second-order valence-corrected chi connectivity index (χ2v) is 9.03. The van der Waals surface area contributed by atoms with E-state index >= 15 is 0 Å². The third-order valence-corrected chi connectivity index (χ3v) is 6.45. The molecule has 35 heavy (non-hydrogen) atoms. The molecule has 0 radical (unpaired) electrons. The Morgan fingerprint density at radius 2 is 1.80 bits per heavy atom. The Balaban J connectivity index is 1.51. The van der Waals surface area contributed by atoms with Crippen molar-refractivity contribution in [3.8, 4) is 11.5 Å². The van der Waals surface area contributed by atoms with Gasteiger partial charge in [0.1, 0.15) is 18.4 Å². The molecular weight excluding hydrogens is 470 g/mol. The van der Waals surface area contributed by atoms with Crippen LogP contribution in [-0.2, 0) is 9.59 Å². The van der Waals surface area contributed by atoms with E-state index in [4.69, 9.17) is 26.2 Å². The first-order chi connectivity index (χ1) is 16.9. The zero-order valence-corrected chi connectivity index (χ0v) is 19.9. The minimum Gasteiger partial charge on any atom is -0.486 e. The van der Waals surface area contributed by atoms with Crippen molar-refractivity contribution in [1.82, 2.24) is 9.99 Å². The van der Waals surface area contributed by atoms with Crippen LogP contribution >= 0.6 is 11.6 Å². The Kier molecular flexibility index (Phi) is 6.30. The number of halogens is 1. The van der Waals surface area contributed by atoms with Gasteiger partial charge in [0.15, 0.2) is 11.5 Å². The number of fused-ring (bicyclic) bond motifs is 2. The lowest BCUT2D eigenvalue weighted by atomic mass is 9.97. The van der Waals surface area contributed by atoms with E-state index in [1.165, 1.54) is 5.01 Å². The summed E-state index contributed by atoms with van der Waals surface area (Å²) in [5.41, 5.74) is 4.15. The van der Waals surface area contributed by atoms with Crippen molar-refractivity contribution in [2.24, 2.45) is 5.10 Å². The van der Waals surface area contributed by atoms with Crippen molar-refractivity contribution in [2.75, 3.05) is 13.2 Å². The Morgan fingerprint density at radius 3 is 2.51 bits per heavy atom. The van der Waals surface area contributed by atoms with Crippen LogP contribution in [-0.4, -0.2) is 45.9 Å². The molecule has 3 aromatic rings. The number of hydrogen-bond donors (Lipinski definition) is 1. The molecule has 0 fully saturated rings. The summed E-state index contributed by atoms with van der Waals surface area (Å²) in [5.74, 6) is 0.0808. The monoisotopic (exact) mass is 493 g/mol. The Morgan fingerprint density at radius 1 is 1.09 bits per heavy atom. The van der Waals surface area contributed by atoms with Crippen LogP contribution in [0.3, 0.4) is 0 Å². The lowest BCUT2D eigenvalue weighted by Gasteiger charge is -2.23. The highest BCUT2D eigenvalue weighted by Gasteiger charge is 2.35. The number of amides is 1. The highest BCUT2D eigenvalue weighted by atomic mass is 35.5.